The number of aliphatic carboxylic acids is 1. The van der Waals surface area contributed by atoms with E-state index in [1.54, 1.807) is 44.0 Å². The molecule has 0 fully saturated rings. The molecule has 0 aromatic heterocycles. The van der Waals surface area contributed by atoms with E-state index in [0.29, 0.717) is 27.6 Å². The SMILES string of the molecule is CC(=O)C1=C(C)N(C)C(C)=C(C(=O)O)C1c1cccc(Cl)c1Cl. The summed E-state index contributed by atoms with van der Waals surface area (Å²) in [5.74, 6) is -2.02. The highest BCUT2D eigenvalue weighted by Gasteiger charge is 2.38. The average molecular weight is 354 g/mol. The van der Waals surface area contributed by atoms with Gasteiger partial charge >= 0.3 is 5.97 Å². The minimum atomic E-state index is -1.08. The van der Waals surface area contributed by atoms with Crippen LogP contribution >= 0.6 is 23.2 Å². The predicted molar refractivity (Wildman–Crippen MR) is 90.7 cm³/mol. The second-order valence-electron chi connectivity index (χ2n) is 5.49. The molecule has 0 amide bonds. The fourth-order valence-electron chi connectivity index (χ4n) is 2.97. The van der Waals surface area contributed by atoms with Crippen molar-refractivity contribution in [2.24, 2.45) is 0 Å². The van der Waals surface area contributed by atoms with Crippen molar-refractivity contribution in [3.63, 3.8) is 0 Å². The summed E-state index contributed by atoms with van der Waals surface area (Å²) in [6, 6.07) is 5.03. The summed E-state index contributed by atoms with van der Waals surface area (Å²) < 4.78 is 0. The normalized spacial score (nSPS) is 18.5. The first kappa shape index (κ1) is 17.6. The highest BCUT2D eigenvalue weighted by atomic mass is 35.5. The van der Waals surface area contributed by atoms with Crippen LogP contribution in [0.3, 0.4) is 0 Å². The monoisotopic (exact) mass is 353 g/mol. The lowest BCUT2D eigenvalue weighted by molar-refractivity contribution is -0.133. The molecule has 122 valence electrons. The second-order valence-corrected chi connectivity index (χ2v) is 6.28. The van der Waals surface area contributed by atoms with Crippen LogP contribution in [0.1, 0.15) is 32.3 Å². The van der Waals surface area contributed by atoms with E-state index in [0.717, 1.165) is 0 Å². The minimum Gasteiger partial charge on any atom is -0.478 e. The van der Waals surface area contributed by atoms with Crippen LogP contribution in [0.15, 0.2) is 40.7 Å². The van der Waals surface area contributed by atoms with Crippen molar-refractivity contribution in [2.75, 3.05) is 7.05 Å². The van der Waals surface area contributed by atoms with Crippen LogP contribution in [0.4, 0.5) is 0 Å². The number of hydrogen-bond donors (Lipinski definition) is 1. The Morgan fingerprint density at radius 1 is 1.13 bits per heavy atom. The van der Waals surface area contributed by atoms with E-state index in [4.69, 9.17) is 23.2 Å². The summed E-state index contributed by atoms with van der Waals surface area (Å²) >= 11 is 12.4. The summed E-state index contributed by atoms with van der Waals surface area (Å²) in [5, 5.41) is 10.3. The third-order valence-corrected chi connectivity index (χ3v) is 5.10. The zero-order valence-corrected chi connectivity index (χ0v) is 14.8. The Hall–Kier alpha value is -1.78. The topological polar surface area (TPSA) is 57.6 Å². The summed E-state index contributed by atoms with van der Waals surface area (Å²) in [6.07, 6.45) is 0. The molecule has 0 saturated heterocycles. The Bertz CT molecular complexity index is 727. The molecule has 1 N–H and O–H groups in total. The maximum atomic E-state index is 12.2. The molecular formula is C17H17Cl2NO3. The first-order chi connectivity index (χ1) is 10.7. The molecule has 2 rings (SSSR count). The van der Waals surface area contributed by atoms with Crippen molar-refractivity contribution >= 4 is 35.0 Å². The number of carboxylic acids is 1. The summed E-state index contributed by atoms with van der Waals surface area (Å²) in [6.45, 7) is 4.94. The summed E-state index contributed by atoms with van der Waals surface area (Å²) in [4.78, 5) is 25.8. The number of allylic oxidation sites excluding steroid dienone is 3. The third-order valence-electron chi connectivity index (χ3n) is 4.27. The van der Waals surface area contributed by atoms with Gasteiger partial charge in [-0.3, -0.25) is 4.79 Å². The zero-order valence-electron chi connectivity index (χ0n) is 13.3. The number of nitrogens with zero attached hydrogens (tertiary/aromatic N) is 1. The van der Waals surface area contributed by atoms with E-state index in [-0.39, 0.29) is 16.4 Å². The largest absolute Gasteiger partial charge is 0.478 e. The van der Waals surface area contributed by atoms with Crippen LogP contribution in [-0.2, 0) is 9.59 Å². The lowest BCUT2D eigenvalue weighted by Crippen LogP contribution is -2.31. The molecule has 0 aliphatic carbocycles. The molecule has 1 atom stereocenters. The maximum absolute atomic E-state index is 12.2. The molecule has 0 bridgehead atoms. The van der Waals surface area contributed by atoms with Gasteiger partial charge in [0.2, 0.25) is 0 Å². The number of ketones is 1. The van der Waals surface area contributed by atoms with Crippen LogP contribution in [-0.4, -0.2) is 28.8 Å². The highest BCUT2D eigenvalue weighted by Crippen LogP contribution is 2.45. The standard InChI is InChI=1S/C17H17Cl2NO3/c1-8-13(10(3)21)15(11-6-5-7-12(18)16(11)19)14(17(22)23)9(2)20(8)4/h5-7,15H,1-4H3,(H,22,23). The maximum Gasteiger partial charge on any atom is 0.334 e. The van der Waals surface area contributed by atoms with E-state index >= 15 is 0 Å². The molecule has 1 aromatic rings. The van der Waals surface area contributed by atoms with Gasteiger partial charge in [-0.25, -0.2) is 4.79 Å². The van der Waals surface area contributed by atoms with Gasteiger partial charge in [-0.15, -0.1) is 0 Å². The van der Waals surface area contributed by atoms with Crippen molar-refractivity contribution in [3.05, 3.63) is 56.3 Å². The molecule has 1 aliphatic heterocycles. The van der Waals surface area contributed by atoms with Crippen molar-refractivity contribution in [1.29, 1.82) is 0 Å². The lowest BCUT2D eigenvalue weighted by Gasteiger charge is -2.35. The van der Waals surface area contributed by atoms with Crippen molar-refractivity contribution < 1.29 is 14.7 Å². The molecule has 1 unspecified atom stereocenters. The number of Topliss-reactive ketones (excluding diaryl/α,β-unsaturated/α-hetero) is 1. The fourth-order valence-corrected chi connectivity index (χ4v) is 3.38. The third kappa shape index (κ3) is 2.89. The molecule has 1 aliphatic rings. The zero-order chi connectivity index (χ0) is 17.5. The molecule has 1 aromatic carbocycles. The minimum absolute atomic E-state index is 0.132. The van der Waals surface area contributed by atoms with E-state index in [9.17, 15) is 14.7 Å². The van der Waals surface area contributed by atoms with E-state index < -0.39 is 11.9 Å². The molecule has 23 heavy (non-hydrogen) atoms. The number of carbonyl (C=O) groups is 2. The Balaban J connectivity index is 2.84. The Morgan fingerprint density at radius 3 is 2.22 bits per heavy atom. The second kappa shape index (κ2) is 6.38. The molecular weight excluding hydrogens is 337 g/mol. The van der Waals surface area contributed by atoms with Crippen LogP contribution in [0.2, 0.25) is 10.0 Å². The van der Waals surface area contributed by atoms with Gasteiger partial charge in [0.1, 0.15) is 0 Å². The van der Waals surface area contributed by atoms with Gasteiger partial charge in [0.15, 0.2) is 5.78 Å². The van der Waals surface area contributed by atoms with Gasteiger partial charge in [0.05, 0.1) is 15.6 Å². The quantitative estimate of drug-likeness (QED) is 0.882. The van der Waals surface area contributed by atoms with E-state index in [1.165, 1.54) is 6.92 Å². The number of hydrogen-bond acceptors (Lipinski definition) is 3. The van der Waals surface area contributed by atoms with Crippen LogP contribution in [0.5, 0.6) is 0 Å². The van der Waals surface area contributed by atoms with Gasteiger partial charge in [0, 0.05) is 29.9 Å². The molecule has 6 heteroatoms. The molecule has 0 spiro atoms. The molecule has 4 nitrogen and oxygen atoms in total. The fraction of sp³-hybridized carbons (Fsp3) is 0.294. The van der Waals surface area contributed by atoms with Crippen LogP contribution < -0.4 is 0 Å². The number of carbonyl (C=O) groups excluding carboxylic acids is 1. The van der Waals surface area contributed by atoms with Crippen molar-refractivity contribution in [2.45, 2.75) is 26.7 Å². The molecule has 0 saturated carbocycles. The van der Waals surface area contributed by atoms with Gasteiger partial charge < -0.3 is 10.0 Å². The molecule has 1 heterocycles. The summed E-state index contributed by atoms with van der Waals surface area (Å²) in [5.41, 5.74) is 2.35. The van der Waals surface area contributed by atoms with Gasteiger partial charge in [-0.2, -0.15) is 0 Å². The average Bonchev–Trinajstić information content (AvgIpc) is 2.46. The van der Waals surface area contributed by atoms with E-state index in [1.807, 2.05) is 0 Å². The van der Waals surface area contributed by atoms with Crippen molar-refractivity contribution in [1.82, 2.24) is 4.90 Å². The van der Waals surface area contributed by atoms with Crippen LogP contribution in [0.25, 0.3) is 0 Å². The lowest BCUT2D eigenvalue weighted by atomic mass is 9.78. The Kier molecular flexibility index (Phi) is 4.87. The van der Waals surface area contributed by atoms with Crippen LogP contribution in [0, 0.1) is 0 Å². The first-order valence-corrected chi connectivity index (χ1v) is 7.77. The van der Waals surface area contributed by atoms with E-state index in [2.05, 4.69) is 0 Å². The van der Waals surface area contributed by atoms with Gasteiger partial charge in [-0.05, 0) is 32.4 Å². The Labute approximate surface area is 145 Å². The number of halogens is 2. The Morgan fingerprint density at radius 2 is 1.70 bits per heavy atom. The summed E-state index contributed by atoms with van der Waals surface area (Å²) in [7, 11) is 1.74. The first-order valence-electron chi connectivity index (χ1n) is 7.01. The van der Waals surface area contributed by atoms with Crippen molar-refractivity contribution in [3.8, 4) is 0 Å². The van der Waals surface area contributed by atoms with Gasteiger partial charge in [-0.1, -0.05) is 35.3 Å². The smallest absolute Gasteiger partial charge is 0.334 e. The van der Waals surface area contributed by atoms with Gasteiger partial charge in [0.25, 0.3) is 0 Å². The predicted octanol–water partition coefficient (Wildman–Crippen LogP) is 4.24. The molecule has 0 radical (unpaired) electrons. The number of carboxylic acid groups (broad SMARTS) is 1. The number of benzene rings is 1. The number of rotatable bonds is 3. The highest BCUT2D eigenvalue weighted by molar-refractivity contribution is 6.42.